The van der Waals surface area contributed by atoms with Crippen molar-refractivity contribution in [1.29, 1.82) is 0 Å². The van der Waals surface area contributed by atoms with Gasteiger partial charge in [-0.25, -0.2) is 9.59 Å². The minimum absolute atomic E-state index is 0.0322. The van der Waals surface area contributed by atoms with Crippen LogP contribution in [-0.2, 0) is 16.1 Å². The molecule has 1 fully saturated rings. The Kier molecular flexibility index (Phi) is 8.60. The first kappa shape index (κ1) is 25.5. The lowest BCUT2D eigenvalue weighted by molar-refractivity contribution is -0.384. The van der Waals surface area contributed by atoms with E-state index in [9.17, 15) is 24.5 Å². The molecule has 0 atom stereocenters. The summed E-state index contributed by atoms with van der Waals surface area (Å²) in [6, 6.07) is 12.7. The van der Waals surface area contributed by atoms with Crippen LogP contribution in [0.4, 0.5) is 16.2 Å². The molecule has 3 amide bonds. The lowest BCUT2D eigenvalue weighted by Gasteiger charge is -2.36. The number of nitrogens with zero attached hydrogens (tertiary/aromatic N) is 3. The van der Waals surface area contributed by atoms with Crippen molar-refractivity contribution >= 4 is 29.3 Å². The molecular formula is C24H29N5O6. The maximum absolute atomic E-state index is 12.5. The number of carbonyl (C=O) groups excluding carboxylic acids is 3. The van der Waals surface area contributed by atoms with Gasteiger partial charge < -0.3 is 25.2 Å². The Hall–Kier alpha value is -4.15. The van der Waals surface area contributed by atoms with Crippen LogP contribution in [-0.4, -0.2) is 66.6 Å². The summed E-state index contributed by atoms with van der Waals surface area (Å²) in [5.74, 6) is -0.876. The number of hydrogen-bond acceptors (Lipinski definition) is 7. The molecule has 1 heterocycles. The zero-order chi connectivity index (χ0) is 25.4. The van der Waals surface area contributed by atoms with Gasteiger partial charge in [0.05, 0.1) is 10.5 Å². The number of piperazine rings is 1. The van der Waals surface area contributed by atoms with Crippen molar-refractivity contribution in [3.8, 4) is 0 Å². The molecule has 2 aromatic rings. The third-order valence-electron chi connectivity index (χ3n) is 5.45. The van der Waals surface area contributed by atoms with Crippen molar-refractivity contribution in [2.45, 2.75) is 26.4 Å². The number of non-ortho nitro benzene ring substituents is 1. The maximum atomic E-state index is 12.5. The van der Waals surface area contributed by atoms with Gasteiger partial charge in [-0.1, -0.05) is 12.1 Å². The lowest BCUT2D eigenvalue weighted by Crippen LogP contribution is -2.49. The Bertz CT molecular complexity index is 1050. The predicted molar refractivity (Wildman–Crippen MR) is 129 cm³/mol. The van der Waals surface area contributed by atoms with Gasteiger partial charge in [0, 0.05) is 56.6 Å². The Labute approximate surface area is 203 Å². The number of hydrogen-bond donors (Lipinski definition) is 2. The van der Waals surface area contributed by atoms with E-state index in [1.54, 1.807) is 41.3 Å². The molecule has 0 bridgehead atoms. The van der Waals surface area contributed by atoms with E-state index in [0.29, 0.717) is 38.3 Å². The van der Waals surface area contributed by atoms with Crippen molar-refractivity contribution in [3.63, 3.8) is 0 Å². The number of amides is 3. The Balaban J connectivity index is 1.41. The second-order valence-corrected chi connectivity index (χ2v) is 8.40. The second-order valence-electron chi connectivity index (χ2n) is 8.40. The van der Waals surface area contributed by atoms with Crippen LogP contribution in [0, 0.1) is 10.1 Å². The van der Waals surface area contributed by atoms with E-state index in [2.05, 4.69) is 10.6 Å². The highest BCUT2D eigenvalue weighted by Gasteiger charge is 2.23. The lowest BCUT2D eigenvalue weighted by atomic mass is 10.1. The Morgan fingerprint density at radius 3 is 2.20 bits per heavy atom. The van der Waals surface area contributed by atoms with Crippen LogP contribution in [0.2, 0.25) is 0 Å². The minimum Gasteiger partial charge on any atom is -0.452 e. The van der Waals surface area contributed by atoms with Crippen LogP contribution < -0.4 is 15.5 Å². The van der Waals surface area contributed by atoms with Crippen LogP contribution in [0.3, 0.4) is 0 Å². The molecule has 0 aromatic heterocycles. The highest BCUT2D eigenvalue weighted by Crippen LogP contribution is 2.20. The molecule has 0 saturated carbocycles. The molecule has 1 saturated heterocycles. The highest BCUT2D eigenvalue weighted by atomic mass is 16.6. The molecule has 1 aliphatic rings. The number of nitro benzene ring substituents is 1. The third-order valence-corrected chi connectivity index (χ3v) is 5.45. The summed E-state index contributed by atoms with van der Waals surface area (Å²) in [6.07, 6.45) is 0. The number of nitrogens with one attached hydrogen (secondary N) is 2. The molecule has 186 valence electrons. The topological polar surface area (TPSA) is 134 Å². The van der Waals surface area contributed by atoms with Gasteiger partial charge in [-0.05, 0) is 43.7 Å². The highest BCUT2D eigenvalue weighted by molar-refractivity contribution is 5.91. The van der Waals surface area contributed by atoms with Gasteiger partial charge in [0.25, 0.3) is 11.6 Å². The summed E-state index contributed by atoms with van der Waals surface area (Å²) in [4.78, 5) is 50.5. The van der Waals surface area contributed by atoms with Crippen molar-refractivity contribution in [2.75, 3.05) is 37.7 Å². The fourth-order valence-electron chi connectivity index (χ4n) is 3.56. The summed E-state index contributed by atoms with van der Waals surface area (Å²) in [7, 11) is 0. The zero-order valence-corrected chi connectivity index (χ0v) is 19.7. The van der Waals surface area contributed by atoms with E-state index < -0.39 is 10.9 Å². The van der Waals surface area contributed by atoms with Crippen LogP contribution in [0.15, 0.2) is 48.5 Å². The molecule has 11 nitrogen and oxygen atoms in total. The Morgan fingerprint density at radius 1 is 1.00 bits per heavy atom. The number of urea groups is 1. The van der Waals surface area contributed by atoms with Gasteiger partial charge in [-0.15, -0.1) is 0 Å². The zero-order valence-electron chi connectivity index (χ0n) is 19.7. The van der Waals surface area contributed by atoms with E-state index >= 15 is 0 Å². The van der Waals surface area contributed by atoms with Gasteiger partial charge in [-0.2, -0.15) is 0 Å². The summed E-state index contributed by atoms with van der Waals surface area (Å²) in [5, 5.41) is 16.3. The second kappa shape index (κ2) is 11.8. The molecule has 3 rings (SSSR count). The number of ether oxygens (including phenoxy) is 1. The fourth-order valence-corrected chi connectivity index (χ4v) is 3.56. The van der Waals surface area contributed by atoms with E-state index in [0.717, 1.165) is 11.3 Å². The smallest absolute Gasteiger partial charge is 0.338 e. The van der Waals surface area contributed by atoms with Crippen LogP contribution in [0.25, 0.3) is 0 Å². The number of esters is 1. The largest absolute Gasteiger partial charge is 0.452 e. The standard InChI is InChI=1S/C24H29N5O6/c1-17(2)26-24(32)25-15-18-3-5-19(6-4-18)23(31)35-16-22(30)28-13-11-27(12-14-28)20-7-9-21(10-8-20)29(33)34/h3-10,17H,11-16H2,1-2H3,(H2,25,26,32). The van der Waals surface area contributed by atoms with Gasteiger partial charge in [-0.3, -0.25) is 14.9 Å². The number of rotatable bonds is 8. The SMILES string of the molecule is CC(C)NC(=O)NCc1ccc(C(=O)OCC(=O)N2CCN(c3ccc([N+](=O)[O-])cc3)CC2)cc1. The summed E-state index contributed by atoms with van der Waals surface area (Å²) in [6.45, 7) is 5.76. The van der Waals surface area contributed by atoms with E-state index in [-0.39, 0.29) is 30.3 Å². The van der Waals surface area contributed by atoms with E-state index in [4.69, 9.17) is 4.74 Å². The van der Waals surface area contributed by atoms with Crippen LogP contribution in [0.5, 0.6) is 0 Å². The molecule has 0 aliphatic carbocycles. The molecule has 2 N–H and O–H groups in total. The van der Waals surface area contributed by atoms with Gasteiger partial charge in [0.2, 0.25) is 0 Å². The normalized spacial score (nSPS) is 13.3. The van der Waals surface area contributed by atoms with Crippen molar-refractivity contribution in [2.24, 2.45) is 0 Å². The van der Waals surface area contributed by atoms with Gasteiger partial charge in [0.15, 0.2) is 6.61 Å². The average Bonchev–Trinajstić information content (AvgIpc) is 2.86. The van der Waals surface area contributed by atoms with Crippen LogP contribution >= 0.6 is 0 Å². The first-order valence-corrected chi connectivity index (χ1v) is 11.3. The van der Waals surface area contributed by atoms with Gasteiger partial charge >= 0.3 is 12.0 Å². The Morgan fingerprint density at radius 2 is 1.63 bits per heavy atom. The summed E-state index contributed by atoms with van der Waals surface area (Å²) >= 11 is 0. The molecule has 11 heteroatoms. The molecule has 2 aromatic carbocycles. The van der Waals surface area contributed by atoms with E-state index in [1.807, 2.05) is 18.7 Å². The monoisotopic (exact) mass is 483 g/mol. The van der Waals surface area contributed by atoms with E-state index in [1.165, 1.54) is 12.1 Å². The van der Waals surface area contributed by atoms with Crippen molar-refractivity contribution < 1.29 is 24.0 Å². The predicted octanol–water partition coefficient (Wildman–Crippen LogP) is 2.31. The number of anilines is 1. The molecular weight excluding hydrogens is 454 g/mol. The first-order chi connectivity index (χ1) is 16.7. The van der Waals surface area contributed by atoms with Gasteiger partial charge in [0.1, 0.15) is 0 Å². The van der Waals surface area contributed by atoms with Crippen molar-refractivity contribution in [1.82, 2.24) is 15.5 Å². The number of benzene rings is 2. The molecule has 0 unspecified atom stereocenters. The summed E-state index contributed by atoms with van der Waals surface area (Å²) in [5.41, 5.74) is 2.02. The number of nitro groups is 1. The number of carbonyl (C=O) groups is 3. The first-order valence-electron chi connectivity index (χ1n) is 11.3. The summed E-state index contributed by atoms with van der Waals surface area (Å²) < 4.78 is 5.18. The molecule has 0 radical (unpaired) electrons. The van der Waals surface area contributed by atoms with Crippen LogP contribution in [0.1, 0.15) is 29.8 Å². The quantitative estimate of drug-likeness (QED) is 0.334. The van der Waals surface area contributed by atoms with Crippen molar-refractivity contribution in [3.05, 3.63) is 69.8 Å². The average molecular weight is 484 g/mol. The molecule has 0 spiro atoms. The minimum atomic E-state index is -0.597. The molecule has 1 aliphatic heterocycles. The third kappa shape index (κ3) is 7.42. The molecule has 35 heavy (non-hydrogen) atoms. The maximum Gasteiger partial charge on any atom is 0.338 e. The fraction of sp³-hybridized carbons (Fsp3) is 0.375.